The normalized spacial score (nSPS) is 15.4. The van der Waals surface area contributed by atoms with Crippen LogP contribution in [0.5, 0.6) is 0 Å². The highest BCUT2D eigenvalue weighted by Crippen LogP contribution is 2.22. The number of amides is 1. The van der Waals surface area contributed by atoms with E-state index in [1.54, 1.807) is 18.2 Å². The van der Waals surface area contributed by atoms with Crippen LogP contribution in [0.2, 0.25) is 0 Å². The molecule has 136 valence electrons. The molecular formula is C20H22N2O3S. The van der Waals surface area contributed by atoms with Gasteiger partial charge >= 0.3 is 0 Å². The average molecular weight is 370 g/mol. The van der Waals surface area contributed by atoms with E-state index >= 15 is 0 Å². The molecule has 0 saturated carbocycles. The van der Waals surface area contributed by atoms with Gasteiger partial charge in [-0.1, -0.05) is 29.8 Å². The summed E-state index contributed by atoms with van der Waals surface area (Å²) in [5.41, 5.74) is 2.66. The maximum atomic E-state index is 12.5. The highest BCUT2D eigenvalue weighted by molar-refractivity contribution is 7.89. The van der Waals surface area contributed by atoms with Gasteiger partial charge in [-0.3, -0.25) is 4.79 Å². The minimum atomic E-state index is -3.43. The zero-order valence-electron chi connectivity index (χ0n) is 14.7. The van der Waals surface area contributed by atoms with Crippen LogP contribution in [0.3, 0.4) is 0 Å². The Balaban J connectivity index is 1.63. The second-order valence-corrected chi connectivity index (χ2v) is 8.31. The third-order valence-corrected chi connectivity index (χ3v) is 6.24. The molecule has 1 aliphatic heterocycles. The number of carbonyl (C=O) groups is 1. The molecule has 1 aliphatic rings. The maximum Gasteiger partial charge on any atom is 0.248 e. The Labute approximate surface area is 154 Å². The molecule has 1 fully saturated rings. The summed E-state index contributed by atoms with van der Waals surface area (Å²) in [4.78, 5) is 12.3. The van der Waals surface area contributed by atoms with Crippen LogP contribution >= 0.6 is 0 Å². The molecule has 1 saturated heterocycles. The predicted octanol–water partition coefficient (Wildman–Crippen LogP) is 3.43. The van der Waals surface area contributed by atoms with Crippen molar-refractivity contribution < 1.29 is 13.2 Å². The third-order valence-electron chi connectivity index (χ3n) is 4.33. The van der Waals surface area contributed by atoms with Crippen LogP contribution in [0.15, 0.2) is 59.5 Å². The van der Waals surface area contributed by atoms with Gasteiger partial charge in [0, 0.05) is 24.9 Å². The molecule has 3 rings (SSSR count). The summed E-state index contributed by atoms with van der Waals surface area (Å²) in [6.07, 6.45) is 5.00. The summed E-state index contributed by atoms with van der Waals surface area (Å²) in [5, 5.41) is 2.74. The molecule has 26 heavy (non-hydrogen) atoms. The van der Waals surface area contributed by atoms with Gasteiger partial charge in [0.25, 0.3) is 0 Å². The van der Waals surface area contributed by atoms with Gasteiger partial charge in [0.05, 0.1) is 4.90 Å². The van der Waals surface area contributed by atoms with Crippen molar-refractivity contribution in [2.24, 2.45) is 0 Å². The standard InChI is InChI=1S/C20H22N2O3S/c1-16-4-6-17(7-5-16)8-13-20(23)21-18-9-11-19(12-10-18)26(24,25)22-14-2-3-15-22/h4-13H,2-3,14-15H2,1H3,(H,21,23). The van der Waals surface area contributed by atoms with Gasteiger partial charge in [0.2, 0.25) is 15.9 Å². The smallest absolute Gasteiger partial charge is 0.248 e. The van der Waals surface area contributed by atoms with Crippen molar-refractivity contribution in [3.63, 3.8) is 0 Å². The molecular weight excluding hydrogens is 348 g/mol. The van der Waals surface area contributed by atoms with Gasteiger partial charge in [-0.25, -0.2) is 8.42 Å². The number of nitrogens with zero attached hydrogens (tertiary/aromatic N) is 1. The molecule has 1 amide bonds. The number of aryl methyl sites for hydroxylation is 1. The highest BCUT2D eigenvalue weighted by atomic mass is 32.2. The number of benzene rings is 2. The van der Waals surface area contributed by atoms with Crippen molar-refractivity contribution in [2.75, 3.05) is 18.4 Å². The number of carbonyl (C=O) groups excluding carboxylic acids is 1. The topological polar surface area (TPSA) is 66.5 Å². The van der Waals surface area contributed by atoms with E-state index in [1.807, 2.05) is 31.2 Å². The minimum absolute atomic E-state index is 0.257. The number of nitrogens with one attached hydrogen (secondary N) is 1. The monoisotopic (exact) mass is 370 g/mol. The second kappa shape index (κ2) is 7.85. The lowest BCUT2D eigenvalue weighted by Gasteiger charge is -2.15. The number of hydrogen-bond donors (Lipinski definition) is 1. The van der Waals surface area contributed by atoms with Crippen molar-refractivity contribution in [2.45, 2.75) is 24.7 Å². The molecule has 1 N–H and O–H groups in total. The van der Waals surface area contributed by atoms with E-state index in [-0.39, 0.29) is 10.8 Å². The van der Waals surface area contributed by atoms with E-state index in [4.69, 9.17) is 0 Å². The first-order valence-electron chi connectivity index (χ1n) is 8.61. The van der Waals surface area contributed by atoms with Crippen LogP contribution in [0.25, 0.3) is 6.08 Å². The quantitative estimate of drug-likeness (QED) is 0.820. The molecule has 2 aromatic rings. The molecule has 0 bridgehead atoms. The van der Waals surface area contributed by atoms with Crippen LogP contribution in [-0.2, 0) is 14.8 Å². The van der Waals surface area contributed by atoms with Crippen molar-refractivity contribution >= 4 is 27.7 Å². The summed E-state index contributed by atoms with van der Waals surface area (Å²) in [7, 11) is -3.43. The fraction of sp³-hybridized carbons (Fsp3) is 0.250. The first-order chi connectivity index (χ1) is 12.4. The lowest BCUT2D eigenvalue weighted by atomic mass is 10.1. The van der Waals surface area contributed by atoms with E-state index < -0.39 is 10.0 Å². The number of hydrogen-bond acceptors (Lipinski definition) is 3. The van der Waals surface area contributed by atoms with E-state index in [0.717, 1.165) is 24.0 Å². The van der Waals surface area contributed by atoms with E-state index in [0.29, 0.717) is 18.8 Å². The SMILES string of the molecule is Cc1ccc(C=CC(=O)Nc2ccc(S(=O)(=O)N3CCCC3)cc2)cc1. The molecule has 6 heteroatoms. The molecule has 5 nitrogen and oxygen atoms in total. The Hall–Kier alpha value is -2.44. The molecule has 2 aromatic carbocycles. The van der Waals surface area contributed by atoms with Crippen molar-refractivity contribution in [3.8, 4) is 0 Å². The molecule has 0 unspecified atom stereocenters. The van der Waals surface area contributed by atoms with Crippen LogP contribution in [0.4, 0.5) is 5.69 Å². The van der Waals surface area contributed by atoms with Gasteiger partial charge in [-0.05, 0) is 55.7 Å². The summed E-state index contributed by atoms with van der Waals surface area (Å²) in [6, 6.07) is 14.1. The van der Waals surface area contributed by atoms with Crippen LogP contribution in [0, 0.1) is 6.92 Å². The van der Waals surface area contributed by atoms with Gasteiger partial charge in [-0.15, -0.1) is 0 Å². The number of sulfonamides is 1. The largest absolute Gasteiger partial charge is 0.323 e. The molecule has 0 radical (unpaired) electrons. The van der Waals surface area contributed by atoms with E-state index in [2.05, 4.69) is 5.32 Å². The van der Waals surface area contributed by atoms with Gasteiger partial charge in [0.15, 0.2) is 0 Å². The Morgan fingerprint density at radius 3 is 2.23 bits per heavy atom. The zero-order chi connectivity index (χ0) is 18.6. The first-order valence-corrected chi connectivity index (χ1v) is 10.1. The first kappa shape index (κ1) is 18.4. The Kier molecular flexibility index (Phi) is 5.54. The molecule has 1 heterocycles. The number of rotatable bonds is 5. The van der Waals surface area contributed by atoms with E-state index in [1.165, 1.54) is 22.5 Å². The lowest BCUT2D eigenvalue weighted by molar-refractivity contribution is -0.111. The van der Waals surface area contributed by atoms with Gasteiger partial charge in [-0.2, -0.15) is 4.31 Å². The summed E-state index contributed by atoms with van der Waals surface area (Å²) in [6.45, 7) is 3.16. The number of anilines is 1. The molecule has 0 aliphatic carbocycles. The van der Waals surface area contributed by atoms with Crippen LogP contribution < -0.4 is 5.32 Å². The summed E-state index contributed by atoms with van der Waals surface area (Å²) in [5.74, 6) is -0.263. The van der Waals surface area contributed by atoms with Gasteiger partial charge < -0.3 is 5.32 Å². The second-order valence-electron chi connectivity index (χ2n) is 6.37. The fourth-order valence-electron chi connectivity index (χ4n) is 2.82. The van der Waals surface area contributed by atoms with Crippen LogP contribution in [0.1, 0.15) is 24.0 Å². The zero-order valence-corrected chi connectivity index (χ0v) is 15.5. The van der Waals surface area contributed by atoms with Crippen molar-refractivity contribution in [1.29, 1.82) is 0 Å². The predicted molar refractivity (Wildman–Crippen MR) is 103 cm³/mol. The fourth-order valence-corrected chi connectivity index (χ4v) is 4.34. The minimum Gasteiger partial charge on any atom is -0.323 e. The van der Waals surface area contributed by atoms with Crippen molar-refractivity contribution in [3.05, 3.63) is 65.7 Å². The Morgan fingerprint density at radius 2 is 1.62 bits per heavy atom. The molecule has 0 spiro atoms. The summed E-state index contributed by atoms with van der Waals surface area (Å²) < 4.78 is 26.5. The Morgan fingerprint density at radius 1 is 1.00 bits per heavy atom. The highest BCUT2D eigenvalue weighted by Gasteiger charge is 2.26. The van der Waals surface area contributed by atoms with Crippen LogP contribution in [-0.4, -0.2) is 31.7 Å². The average Bonchev–Trinajstić information content (AvgIpc) is 3.17. The van der Waals surface area contributed by atoms with Crippen molar-refractivity contribution in [1.82, 2.24) is 4.31 Å². The van der Waals surface area contributed by atoms with Gasteiger partial charge in [0.1, 0.15) is 0 Å². The molecule has 0 aromatic heterocycles. The maximum absolute atomic E-state index is 12.5. The molecule has 0 atom stereocenters. The van der Waals surface area contributed by atoms with E-state index in [9.17, 15) is 13.2 Å². The third kappa shape index (κ3) is 4.39. The summed E-state index contributed by atoms with van der Waals surface area (Å²) >= 11 is 0. The lowest BCUT2D eigenvalue weighted by Crippen LogP contribution is -2.27. The Bertz CT molecular complexity index is 895.